The van der Waals surface area contributed by atoms with Crippen molar-refractivity contribution in [3.8, 4) is 11.5 Å². The fourth-order valence-corrected chi connectivity index (χ4v) is 4.49. The van der Waals surface area contributed by atoms with E-state index < -0.39 is 43.1 Å². The molecule has 0 saturated heterocycles. The molecule has 1 aliphatic carbocycles. The van der Waals surface area contributed by atoms with E-state index in [1.54, 1.807) is 43.3 Å². The molecule has 0 bridgehead atoms. The molecule has 0 fully saturated rings. The lowest BCUT2D eigenvalue weighted by Gasteiger charge is -2.23. The Bertz CT molecular complexity index is 1160. The third kappa shape index (κ3) is 9.58. The first-order valence-electron chi connectivity index (χ1n) is 13.5. The molecular formula is C29H34F5NO6. The van der Waals surface area contributed by atoms with Gasteiger partial charge in [-0.15, -0.1) is 0 Å². The first-order valence-corrected chi connectivity index (χ1v) is 13.5. The van der Waals surface area contributed by atoms with E-state index in [-0.39, 0.29) is 39.1 Å². The van der Waals surface area contributed by atoms with Gasteiger partial charge in [0.1, 0.15) is 18.1 Å². The second-order valence-corrected chi connectivity index (χ2v) is 9.78. The number of nitrogens with zero attached hydrogens (tertiary/aromatic N) is 1. The molecule has 0 heterocycles. The van der Waals surface area contributed by atoms with Gasteiger partial charge in [0.15, 0.2) is 6.10 Å². The maximum absolute atomic E-state index is 13.3. The van der Waals surface area contributed by atoms with Crippen molar-refractivity contribution in [2.45, 2.75) is 70.1 Å². The summed E-state index contributed by atoms with van der Waals surface area (Å²) in [4.78, 5) is 25.4. The van der Waals surface area contributed by atoms with Crippen LogP contribution in [0.4, 0.5) is 26.7 Å². The number of alkyl halides is 5. The highest BCUT2D eigenvalue weighted by Crippen LogP contribution is 2.39. The van der Waals surface area contributed by atoms with Crippen LogP contribution in [-0.4, -0.2) is 66.6 Å². The van der Waals surface area contributed by atoms with Crippen LogP contribution in [0.25, 0.3) is 0 Å². The predicted molar refractivity (Wildman–Crippen MR) is 140 cm³/mol. The van der Waals surface area contributed by atoms with E-state index in [9.17, 15) is 36.6 Å². The summed E-state index contributed by atoms with van der Waals surface area (Å²) in [6, 6.07) is 12.0. The van der Waals surface area contributed by atoms with E-state index in [1.165, 1.54) is 10.5 Å². The standard InChI is InChI=1S/C29H34F5NO6/c1-2-39-25(26(36)37)18-20-8-11-23(12-9-20)40-17-16-35(15-4-3-14-28(30,31)29(32,33)34)27(38)41-24-13-10-21-6-5-7-22(21)19-24/h8-13,19,25H,2-7,14-18H2,1H3,(H,36,37). The topological polar surface area (TPSA) is 85.3 Å². The van der Waals surface area contributed by atoms with Crippen LogP contribution in [-0.2, 0) is 28.8 Å². The van der Waals surface area contributed by atoms with E-state index in [0.29, 0.717) is 17.1 Å². The first kappa shape index (κ1) is 32.1. The molecule has 0 aliphatic heterocycles. The Balaban J connectivity index is 1.57. The highest BCUT2D eigenvalue weighted by atomic mass is 19.4. The number of hydrogen-bond acceptors (Lipinski definition) is 5. The molecular weight excluding hydrogens is 553 g/mol. The summed E-state index contributed by atoms with van der Waals surface area (Å²) in [6.07, 6.45) is -6.30. The van der Waals surface area contributed by atoms with E-state index in [1.807, 2.05) is 6.07 Å². The molecule has 2 aromatic rings. The predicted octanol–water partition coefficient (Wildman–Crippen LogP) is 6.46. The number of carboxylic acid groups (broad SMARTS) is 1. The van der Waals surface area contributed by atoms with Gasteiger partial charge in [0.2, 0.25) is 0 Å². The van der Waals surface area contributed by atoms with Crippen LogP contribution in [0.2, 0.25) is 0 Å². The molecule has 12 heteroatoms. The second kappa shape index (κ2) is 14.5. The van der Waals surface area contributed by atoms with Crippen molar-refractivity contribution in [2.24, 2.45) is 0 Å². The highest BCUT2D eigenvalue weighted by Gasteiger charge is 2.56. The first-order chi connectivity index (χ1) is 19.4. The third-order valence-electron chi connectivity index (χ3n) is 6.73. The number of aliphatic carboxylic acids is 1. The summed E-state index contributed by atoms with van der Waals surface area (Å²) in [6.45, 7) is 1.85. The smallest absolute Gasteiger partial charge is 0.453 e. The van der Waals surface area contributed by atoms with Crippen molar-refractivity contribution in [3.63, 3.8) is 0 Å². The van der Waals surface area contributed by atoms with Crippen LogP contribution in [0.15, 0.2) is 42.5 Å². The molecule has 1 unspecified atom stereocenters. The molecule has 7 nitrogen and oxygen atoms in total. The Morgan fingerprint density at radius 1 is 0.951 bits per heavy atom. The molecule has 226 valence electrons. The van der Waals surface area contributed by atoms with Crippen LogP contribution >= 0.6 is 0 Å². The maximum atomic E-state index is 13.3. The van der Waals surface area contributed by atoms with Gasteiger partial charge < -0.3 is 24.2 Å². The molecule has 0 radical (unpaired) electrons. The van der Waals surface area contributed by atoms with Crippen molar-refractivity contribution in [1.29, 1.82) is 0 Å². The lowest BCUT2D eigenvalue weighted by atomic mass is 10.1. The quantitative estimate of drug-likeness (QED) is 0.190. The number of carboxylic acids is 1. The van der Waals surface area contributed by atoms with Crippen LogP contribution in [0.3, 0.4) is 0 Å². The Morgan fingerprint density at radius 2 is 1.63 bits per heavy atom. The maximum Gasteiger partial charge on any atom is 0.453 e. The zero-order valence-corrected chi connectivity index (χ0v) is 22.7. The number of aryl methyl sites for hydroxylation is 2. The molecule has 0 aromatic heterocycles. The van der Waals surface area contributed by atoms with Crippen LogP contribution < -0.4 is 9.47 Å². The van der Waals surface area contributed by atoms with Gasteiger partial charge in [-0.05, 0) is 80.0 Å². The Morgan fingerprint density at radius 3 is 2.29 bits per heavy atom. The molecule has 2 aromatic carbocycles. The van der Waals surface area contributed by atoms with Gasteiger partial charge in [0, 0.05) is 26.0 Å². The highest BCUT2D eigenvalue weighted by molar-refractivity contribution is 5.72. The second-order valence-electron chi connectivity index (χ2n) is 9.78. The zero-order valence-electron chi connectivity index (χ0n) is 22.7. The molecule has 0 spiro atoms. The van der Waals surface area contributed by atoms with Crippen LogP contribution in [0.1, 0.15) is 49.3 Å². The minimum Gasteiger partial charge on any atom is -0.492 e. The number of benzene rings is 2. The molecule has 1 atom stereocenters. The minimum atomic E-state index is -5.62. The number of ether oxygens (including phenoxy) is 3. The number of unbranched alkanes of at least 4 members (excludes halogenated alkanes) is 1. The Hall–Kier alpha value is -3.41. The van der Waals surface area contributed by atoms with Gasteiger partial charge in [0.05, 0.1) is 6.54 Å². The fourth-order valence-electron chi connectivity index (χ4n) is 4.49. The number of carbonyl (C=O) groups is 2. The van der Waals surface area contributed by atoms with E-state index in [4.69, 9.17) is 14.2 Å². The number of fused-ring (bicyclic) bond motifs is 1. The van der Waals surface area contributed by atoms with Crippen molar-refractivity contribution in [2.75, 3.05) is 26.3 Å². The van der Waals surface area contributed by atoms with Crippen LogP contribution in [0.5, 0.6) is 11.5 Å². The summed E-state index contributed by atoms with van der Waals surface area (Å²) in [5.74, 6) is -5.10. The van der Waals surface area contributed by atoms with Crippen molar-refractivity contribution in [1.82, 2.24) is 4.90 Å². The van der Waals surface area contributed by atoms with Crippen molar-refractivity contribution in [3.05, 3.63) is 59.2 Å². The molecule has 1 aliphatic rings. The summed E-state index contributed by atoms with van der Waals surface area (Å²) < 4.78 is 80.4. The fraction of sp³-hybridized carbons (Fsp3) is 0.517. The van der Waals surface area contributed by atoms with Crippen LogP contribution in [0, 0.1) is 0 Å². The lowest BCUT2D eigenvalue weighted by Crippen LogP contribution is -2.38. The van der Waals surface area contributed by atoms with Gasteiger partial charge in [-0.2, -0.15) is 22.0 Å². The lowest BCUT2D eigenvalue weighted by molar-refractivity contribution is -0.284. The number of hydrogen-bond donors (Lipinski definition) is 1. The third-order valence-corrected chi connectivity index (χ3v) is 6.73. The van der Waals surface area contributed by atoms with E-state index >= 15 is 0 Å². The van der Waals surface area contributed by atoms with Gasteiger partial charge in [-0.1, -0.05) is 18.2 Å². The monoisotopic (exact) mass is 587 g/mol. The largest absolute Gasteiger partial charge is 0.492 e. The SMILES string of the molecule is CCOC(Cc1ccc(OCCN(CCCCC(F)(F)C(F)(F)F)C(=O)Oc2ccc3c(c2)CCC3)cc1)C(=O)O. The van der Waals surface area contributed by atoms with Gasteiger partial charge in [0.25, 0.3) is 0 Å². The zero-order chi connectivity index (χ0) is 30.0. The number of rotatable bonds is 15. The minimum absolute atomic E-state index is 0.00591. The number of halogens is 5. The normalized spacial score (nSPS) is 13.9. The molecule has 1 amide bonds. The average Bonchev–Trinajstić information content (AvgIpc) is 3.38. The van der Waals surface area contributed by atoms with Gasteiger partial charge in [-0.25, -0.2) is 9.59 Å². The molecule has 1 N–H and O–H groups in total. The van der Waals surface area contributed by atoms with Gasteiger partial charge in [-0.3, -0.25) is 0 Å². The van der Waals surface area contributed by atoms with E-state index in [2.05, 4.69) is 0 Å². The summed E-state index contributed by atoms with van der Waals surface area (Å²) in [5.41, 5.74) is 2.98. The average molecular weight is 588 g/mol. The Labute approximate surface area is 235 Å². The summed E-state index contributed by atoms with van der Waals surface area (Å²) >= 11 is 0. The van der Waals surface area contributed by atoms with Crippen molar-refractivity contribution < 1.29 is 50.9 Å². The van der Waals surface area contributed by atoms with Gasteiger partial charge >= 0.3 is 24.2 Å². The number of amides is 1. The van der Waals surface area contributed by atoms with Crippen molar-refractivity contribution >= 4 is 12.1 Å². The Kier molecular flexibility index (Phi) is 11.3. The van der Waals surface area contributed by atoms with E-state index in [0.717, 1.165) is 24.8 Å². The molecule has 0 saturated carbocycles. The summed E-state index contributed by atoms with van der Waals surface area (Å²) in [5, 5.41) is 9.24. The molecule has 41 heavy (non-hydrogen) atoms. The molecule has 3 rings (SSSR count). The number of carbonyl (C=O) groups excluding carboxylic acids is 1. The summed E-state index contributed by atoms with van der Waals surface area (Å²) in [7, 11) is 0.